The summed E-state index contributed by atoms with van der Waals surface area (Å²) in [5, 5.41) is 9.57. The number of carbonyl (C=O) groups is 1. The van der Waals surface area contributed by atoms with Crippen LogP contribution in [0.2, 0.25) is 0 Å². The van der Waals surface area contributed by atoms with Gasteiger partial charge in [-0.3, -0.25) is 9.36 Å². The van der Waals surface area contributed by atoms with Crippen molar-refractivity contribution in [3.05, 3.63) is 151 Å². The third-order valence-corrected chi connectivity index (χ3v) is 10.0. The standard InChI is InChI=1S/C37H27I2N3O5S/c1-3-46-36(44)31-32(22-9-5-4-6-10-22)41-37-42(33(31)23-13-15-28(45-2)16-14-23)35(43)30(48-37)18-26-17-27(38)19-29(39)34(26)47-21-25-12-8-7-11-24(25)20-40/h4-19,33H,3,21H2,1-2H3/b30-18-/t33-/m1/s1. The zero-order valence-corrected chi connectivity index (χ0v) is 30.9. The summed E-state index contributed by atoms with van der Waals surface area (Å²) in [6.45, 7) is 2.10. The fourth-order valence-corrected chi connectivity index (χ4v) is 8.47. The Kier molecular flexibility index (Phi) is 10.4. The minimum absolute atomic E-state index is 0.164. The van der Waals surface area contributed by atoms with Gasteiger partial charge in [0, 0.05) is 20.3 Å². The number of hydrogen-bond acceptors (Lipinski definition) is 8. The number of aromatic nitrogens is 1. The number of ether oxygens (including phenoxy) is 3. The van der Waals surface area contributed by atoms with Gasteiger partial charge in [-0.2, -0.15) is 5.26 Å². The summed E-state index contributed by atoms with van der Waals surface area (Å²) in [6.07, 6.45) is 1.81. The number of hydrogen-bond donors (Lipinski definition) is 0. The Morgan fingerprint density at radius 3 is 2.48 bits per heavy atom. The van der Waals surface area contributed by atoms with Gasteiger partial charge in [0.25, 0.3) is 5.56 Å². The molecule has 2 heterocycles. The highest BCUT2D eigenvalue weighted by atomic mass is 127. The van der Waals surface area contributed by atoms with Crippen LogP contribution in [0.4, 0.5) is 0 Å². The van der Waals surface area contributed by atoms with Crippen molar-refractivity contribution < 1.29 is 19.0 Å². The summed E-state index contributed by atoms with van der Waals surface area (Å²) in [5.74, 6) is 0.698. The average molecular weight is 880 g/mol. The molecule has 0 unspecified atom stereocenters. The highest BCUT2D eigenvalue weighted by Gasteiger charge is 2.35. The first kappa shape index (κ1) is 33.6. The first-order chi connectivity index (χ1) is 23.3. The molecule has 8 nitrogen and oxygen atoms in total. The number of nitriles is 1. The third kappa shape index (κ3) is 6.83. The van der Waals surface area contributed by atoms with E-state index in [9.17, 15) is 14.9 Å². The number of nitrogens with zero attached hydrogens (tertiary/aromatic N) is 3. The van der Waals surface area contributed by atoms with E-state index in [1.165, 1.54) is 11.3 Å². The lowest BCUT2D eigenvalue weighted by molar-refractivity contribution is -0.138. The molecule has 5 aromatic rings. The lowest BCUT2D eigenvalue weighted by Gasteiger charge is -2.26. The first-order valence-corrected chi connectivity index (χ1v) is 17.8. The predicted octanol–water partition coefficient (Wildman–Crippen LogP) is 6.60. The fraction of sp³-hybridized carbons (Fsp3) is 0.135. The van der Waals surface area contributed by atoms with Crippen LogP contribution in [0.25, 0.3) is 11.8 Å². The number of benzene rings is 4. The molecule has 0 saturated heterocycles. The second kappa shape index (κ2) is 14.9. The second-order valence-electron chi connectivity index (χ2n) is 10.6. The Balaban J connectivity index is 1.56. The van der Waals surface area contributed by atoms with Crippen LogP contribution in [0.3, 0.4) is 0 Å². The van der Waals surface area contributed by atoms with Crippen LogP contribution < -0.4 is 24.4 Å². The molecule has 0 bridgehead atoms. The van der Waals surface area contributed by atoms with Crippen LogP contribution >= 0.6 is 56.5 Å². The van der Waals surface area contributed by atoms with Crippen molar-refractivity contribution in [3.63, 3.8) is 0 Å². The molecule has 0 aliphatic carbocycles. The third-order valence-electron chi connectivity index (χ3n) is 7.64. The lowest BCUT2D eigenvalue weighted by Crippen LogP contribution is -2.40. The van der Waals surface area contributed by atoms with E-state index in [2.05, 4.69) is 51.3 Å². The minimum atomic E-state index is -0.808. The van der Waals surface area contributed by atoms with Crippen LogP contribution in [0.15, 0.2) is 106 Å². The molecule has 11 heteroatoms. The zero-order chi connectivity index (χ0) is 33.8. The van der Waals surface area contributed by atoms with Crippen LogP contribution in [0.1, 0.15) is 40.8 Å². The van der Waals surface area contributed by atoms with Crippen molar-refractivity contribution in [2.24, 2.45) is 4.99 Å². The van der Waals surface area contributed by atoms with E-state index in [4.69, 9.17) is 19.2 Å². The van der Waals surface area contributed by atoms with Crippen LogP contribution in [0.5, 0.6) is 11.5 Å². The Labute approximate surface area is 307 Å². The van der Waals surface area contributed by atoms with E-state index in [0.29, 0.717) is 43.2 Å². The molecule has 0 spiro atoms. The molecule has 0 N–H and O–H groups in total. The zero-order valence-electron chi connectivity index (χ0n) is 25.8. The van der Waals surface area contributed by atoms with Crippen LogP contribution in [-0.2, 0) is 16.1 Å². The summed E-state index contributed by atoms with van der Waals surface area (Å²) in [5.41, 5.74) is 3.87. The molecule has 1 aliphatic heterocycles. The maximum absolute atomic E-state index is 14.4. The minimum Gasteiger partial charge on any atom is -0.497 e. The van der Waals surface area contributed by atoms with Crippen molar-refractivity contribution in [1.29, 1.82) is 5.26 Å². The van der Waals surface area contributed by atoms with E-state index < -0.39 is 12.0 Å². The van der Waals surface area contributed by atoms with Gasteiger partial charge in [0.1, 0.15) is 18.1 Å². The van der Waals surface area contributed by atoms with E-state index >= 15 is 0 Å². The molecule has 1 aliphatic rings. The number of thiazole rings is 1. The number of carbonyl (C=O) groups excluding carboxylic acids is 1. The summed E-state index contributed by atoms with van der Waals surface area (Å²) >= 11 is 5.71. The van der Waals surface area contributed by atoms with Gasteiger partial charge in [0.2, 0.25) is 0 Å². The van der Waals surface area contributed by atoms with E-state index in [-0.39, 0.29) is 24.3 Å². The maximum Gasteiger partial charge on any atom is 0.338 e. The summed E-state index contributed by atoms with van der Waals surface area (Å²) < 4.78 is 21.1. The molecule has 48 heavy (non-hydrogen) atoms. The number of halogens is 2. The van der Waals surface area contributed by atoms with Crippen LogP contribution in [-0.4, -0.2) is 24.3 Å². The number of rotatable bonds is 9. The molecule has 4 aromatic carbocycles. The molecule has 0 fully saturated rings. The van der Waals surface area contributed by atoms with E-state index in [1.807, 2.05) is 72.8 Å². The molecule has 1 aromatic heterocycles. The maximum atomic E-state index is 14.4. The SMILES string of the molecule is CCOC(=O)C1=C(c2ccccc2)N=c2s/c(=C\c3cc(I)cc(I)c3OCc3ccccc3C#N)c(=O)n2[C@@H]1c1ccc(OC)cc1. The van der Waals surface area contributed by atoms with E-state index in [0.717, 1.165) is 18.3 Å². The quantitative estimate of drug-likeness (QED) is 0.122. The summed E-state index contributed by atoms with van der Waals surface area (Å²) in [6, 6.07) is 29.4. The molecule has 1 atom stereocenters. The monoisotopic (exact) mass is 879 g/mol. The normalized spacial score (nSPS) is 14.1. The smallest absolute Gasteiger partial charge is 0.338 e. The van der Waals surface area contributed by atoms with E-state index in [1.54, 1.807) is 42.9 Å². The molecular weight excluding hydrogens is 852 g/mol. The second-order valence-corrected chi connectivity index (χ2v) is 14.0. The van der Waals surface area contributed by atoms with Crippen molar-refractivity contribution >= 4 is 74.3 Å². The van der Waals surface area contributed by atoms with Crippen molar-refractivity contribution in [2.45, 2.75) is 19.6 Å². The molecule has 0 radical (unpaired) electrons. The molecule has 0 saturated carbocycles. The van der Waals surface area contributed by atoms with Gasteiger partial charge >= 0.3 is 5.97 Å². The number of fused-ring (bicyclic) bond motifs is 1. The van der Waals surface area contributed by atoms with Crippen molar-refractivity contribution in [2.75, 3.05) is 13.7 Å². The van der Waals surface area contributed by atoms with Gasteiger partial charge in [-0.15, -0.1) is 0 Å². The molecular formula is C37H27I2N3O5S. The summed E-state index contributed by atoms with van der Waals surface area (Å²) in [7, 11) is 1.59. The summed E-state index contributed by atoms with van der Waals surface area (Å²) in [4.78, 5) is 33.6. The van der Waals surface area contributed by atoms with Crippen LogP contribution in [0, 0.1) is 18.5 Å². The van der Waals surface area contributed by atoms with Crippen molar-refractivity contribution in [1.82, 2.24) is 4.57 Å². The van der Waals surface area contributed by atoms with Gasteiger partial charge < -0.3 is 14.2 Å². The van der Waals surface area contributed by atoms with Crippen molar-refractivity contribution in [3.8, 4) is 17.6 Å². The highest BCUT2D eigenvalue weighted by molar-refractivity contribution is 14.1. The fourth-order valence-electron chi connectivity index (χ4n) is 5.43. The Morgan fingerprint density at radius 1 is 1.04 bits per heavy atom. The highest BCUT2D eigenvalue weighted by Crippen LogP contribution is 2.36. The molecule has 240 valence electrons. The lowest BCUT2D eigenvalue weighted by atomic mass is 9.93. The van der Waals surface area contributed by atoms with Gasteiger partial charge in [-0.05, 0) is 94.1 Å². The number of methoxy groups -OCH3 is 1. The van der Waals surface area contributed by atoms with Gasteiger partial charge in [0.05, 0.1) is 50.8 Å². The predicted molar refractivity (Wildman–Crippen MR) is 201 cm³/mol. The molecule has 6 rings (SSSR count). The van der Waals surface area contributed by atoms with Gasteiger partial charge in [-0.1, -0.05) is 72.0 Å². The van der Waals surface area contributed by atoms with Gasteiger partial charge in [-0.25, -0.2) is 9.79 Å². The first-order valence-electron chi connectivity index (χ1n) is 14.8. The average Bonchev–Trinajstić information content (AvgIpc) is 3.41. The topological polar surface area (TPSA) is 103 Å². The van der Waals surface area contributed by atoms with Gasteiger partial charge in [0.15, 0.2) is 4.80 Å². The largest absolute Gasteiger partial charge is 0.497 e. The molecule has 0 amide bonds. The Hall–Kier alpha value is -4.26. The Bertz CT molecular complexity index is 2270. The Morgan fingerprint density at radius 2 is 1.77 bits per heavy atom. The number of esters is 1.